The predicted octanol–water partition coefficient (Wildman–Crippen LogP) is 2.26. The second kappa shape index (κ2) is 5.36. The van der Waals surface area contributed by atoms with Crippen molar-refractivity contribution in [2.45, 2.75) is 57.8 Å². The van der Waals surface area contributed by atoms with Gasteiger partial charge >= 0.3 is 5.97 Å². The fourth-order valence-corrected chi connectivity index (χ4v) is 2.48. The highest BCUT2D eigenvalue weighted by molar-refractivity contribution is 5.72. The third kappa shape index (κ3) is 3.68. The van der Waals surface area contributed by atoms with E-state index < -0.39 is 5.79 Å². The molecule has 0 spiro atoms. The number of carbonyl (C=O) groups is 1. The molecule has 0 N–H and O–H groups in total. The molecule has 0 unspecified atom stereocenters. The van der Waals surface area contributed by atoms with Crippen LogP contribution in [0.25, 0.3) is 0 Å². The van der Waals surface area contributed by atoms with Gasteiger partial charge in [-0.05, 0) is 26.7 Å². The van der Waals surface area contributed by atoms with Crippen LogP contribution < -0.4 is 0 Å². The van der Waals surface area contributed by atoms with Crippen molar-refractivity contribution < 1.29 is 19.0 Å². The second-order valence-corrected chi connectivity index (χ2v) is 5.42. The summed E-state index contributed by atoms with van der Waals surface area (Å²) in [5.74, 6) is -0.487. The van der Waals surface area contributed by atoms with Gasteiger partial charge in [0.25, 0.3) is 0 Å². The predicted molar refractivity (Wildman–Crippen MR) is 62.4 cm³/mol. The number of esters is 1. The molecule has 2 rings (SSSR count). The standard InChI is InChI=1S/C13H22O4/c1-13(2)16-9-11(17-13)8-15-12(14)10-6-4-3-5-7-10/h10-11H,3-9H2,1-2H3/t11-/m1/s1. The van der Waals surface area contributed by atoms with Crippen LogP contribution in [0.15, 0.2) is 0 Å². The van der Waals surface area contributed by atoms with Crippen LogP contribution in [0.1, 0.15) is 46.0 Å². The molecule has 2 fully saturated rings. The van der Waals surface area contributed by atoms with Crippen molar-refractivity contribution in [3.63, 3.8) is 0 Å². The molecule has 4 nitrogen and oxygen atoms in total. The fraction of sp³-hybridized carbons (Fsp3) is 0.923. The summed E-state index contributed by atoms with van der Waals surface area (Å²) in [6.07, 6.45) is 5.39. The Morgan fingerprint density at radius 3 is 2.59 bits per heavy atom. The van der Waals surface area contributed by atoms with E-state index in [9.17, 15) is 4.79 Å². The van der Waals surface area contributed by atoms with Gasteiger partial charge in [-0.2, -0.15) is 0 Å². The molecule has 1 atom stereocenters. The Labute approximate surface area is 103 Å². The van der Waals surface area contributed by atoms with Gasteiger partial charge in [-0.3, -0.25) is 4.79 Å². The van der Waals surface area contributed by atoms with Gasteiger partial charge in [0.2, 0.25) is 0 Å². The first-order valence-corrected chi connectivity index (χ1v) is 6.55. The molecule has 0 amide bonds. The van der Waals surface area contributed by atoms with E-state index in [0.717, 1.165) is 25.7 Å². The normalized spacial score (nSPS) is 29.2. The number of ether oxygens (including phenoxy) is 3. The van der Waals surface area contributed by atoms with E-state index >= 15 is 0 Å². The molecule has 0 aromatic carbocycles. The topological polar surface area (TPSA) is 44.8 Å². The minimum atomic E-state index is -0.540. The van der Waals surface area contributed by atoms with Gasteiger partial charge in [-0.25, -0.2) is 0 Å². The summed E-state index contributed by atoms with van der Waals surface area (Å²) in [6.45, 7) is 4.57. The van der Waals surface area contributed by atoms with E-state index in [4.69, 9.17) is 14.2 Å². The van der Waals surface area contributed by atoms with Crippen molar-refractivity contribution >= 4 is 5.97 Å². The SMILES string of the molecule is CC1(C)OC[C@@H](COC(=O)C2CCCCC2)O1. The maximum absolute atomic E-state index is 11.8. The minimum Gasteiger partial charge on any atom is -0.463 e. The van der Waals surface area contributed by atoms with Crippen LogP contribution in [0.5, 0.6) is 0 Å². The molecule has 98 valence electrons. The Morgan fingerprint density at radius 2 is 2.00 bits per heavy atom. The second-order valence-electron chi connectivity index (χ2n) is 5.42. The maximum atomic E-state index is 11.8. The summed E-state index contributed by atoms with van der Waals surface area (Å²) < 4.78 is 16.3. The van der Waals surface area contributed by atoms with Gasteiger partial charge in [0.1, 0.15) is 12.7 Å². The van der Waals surface area contributed by atoms with E-state index in [1.54, 1.807) is 0 Å². The minimum absolute atomic E-state index is 0.0574. The molecular formula is C13H22O4. The Kier molecular flexibility index (Phi) is 4.05. The fourth-order valence-electron chi connectivity index (χ4n) is 2.48. The summed E-state index contributed by atoms with van der Waals surface area (Å²) in [5, 5.41) is 0. The van der Waals surface area contributed by atoms with E-state index in [1.165, 1.54) is 6.42 Å². The van der Waals surface area contributed by atoms with Crippen LogP contribution in [0.4, 0.5) is 0 Å². The van der Waals surface area contributed by atoms with Gasteiger partial charge in [0.15, 0.2) is 5.79 Å². The summed E-state index contributed by atoms with van der Waals surface area (Å²) >= 11 is 0. The van der Waals surface area contributed by atoms with Crippen molar-refractivity contribution in [3.05, 3.63) is 0 Å². The quantitative estimate of drug-likeness (QED) is 0.712. The van der Waals surface area contributed by atoms with Crippen LogP contribution in [0.2, 0.25) is 0 Å². The molecule has 1 saturated carbocycles. The molecule has 2 aliphatic rings. The number of hydrogen-bond donors (Lipinski definition) is 0. The zero-order valence-electron chi connectivity index (χ0n) is 10.7. The molecule has 17 heavy (non-hydrogen) atoms. The van der Waals surface area contributed by atoms with Gasteiger partial charge < -0.3 is 14.2 Å². The molecule has 0 aromatic heterocycles. The van der Waals surface area contributed by atoms with Crippen LogP contribution in [-0.2, 0) is 19.0 Å². The lowest BCUT2D eigenvalue weighted by atomic mass is 9.89. The van der Waals surface area contributed by atoms with Gasteiger partial charge in [-0.1, -0.05) is 19.3 Å². The molecule has 1 aliphatic carbocycles. The summed E-state index contributed by atoms with van der Waals surface area (Å²) in [7, 11) is 0. The number of rotatable bonds is 3. The first-order chi connectivity index (χ1) is 8.07. The van der Waals surface area contributed by atoms with Crippen molar-refractivity contribution in [1.82, 2.24) is 0 Å². The highest BCUT2D eigenvalue weighted by atomic mass is 16.7. The van der Waals surface area contributed by atoms with Crippen LogP contribution in [0, 0.1) is 5.92 Å². The lowest BCUT2D eigenvalue weighted by Crippen LogP contribution is -2.28. The Bertz CT molecular complexity index is 269. The maximum Gasteiger partial charge on any atom is 0.309 e. The summed E-state index contributed by atoms with van der Waals surface area (Å²) in [5.41, 5.74) is 0. The van der Waals surface area contributed by atoms with Gasteiger partial charge in [-0.15, -0.1) is 0 Å². The highest BCUT2D eigenvalue weighted by Gasteiger charge is 2.34. The Balaban J connectivity index is 1.69. The van der Waals surface area contributed by atoms with E-state index in [0.29, 0.717) is 13.2 Å². The van der Waals surface area contributed by atoms with Crippen LogP contribution in [-0.4, -0.2) is 31.1 Å². The van der Waals surface area contributed by atoms with Gasteiger partial charge in [0, 0.05) is 0 Å². The smallest absolute Gasteiger partial charge is 0.309 e. The average Bonchev–Trinajstić information content (AvgIpc) is 2.67. The van der Waals surface area contributed by atoms with Crippen molar-refractivity contribution in [1.29, 1.82) is 0 Å². The highest BCUT2D eigenvalue weighted by Crippen LogP contribution is 2.26. The zero-order valence-corrected chi connectivity index (χ0v) is 10.7. The summed E-state index contributed by atoms with van der Waals surface area (Å²) in [6, 6.07) is 0. The van der Waals surface area contributed by atoms with Crippen LogP contribution >= 0.6 is 0 Å². The van der Waals surface area contributed by atoms with E-state index in [1.807, 2.05) is 13.8 Å². The first-order valence-electron chi connectivity index (χ1n) is 6.55. The monoisotopic (exact) mass is 242 g/mol. The molecule has 0 bridgehead atoms. The Hall–Kier alpha value is -0.610. The summed E-state index contributed by atoms with van der Waals surface area (Å²) in [4.78, 5) is 11.8. The number of hydrogen-bond acceptors (Lipinski definition) is 4. The van der Waals surface area contributed by atoms with E-state index in [2.05, 4.69) is 0 Å². The molecule has 0 radical (unpaired) electrons. The molecule has 1 aliphatic heterocycles. The molecule has 0 aromatic rings. The number of carbonyl (C=O) groups excluding carboxylic acids is 1. The lowest BCUT2D eigenvalue weighted by molar-refractivity contribution is -0.162. The third-order valence-electron chi connectivity index (χ3n) is 3.42. The molecule has 1 saturated heterocycles. The first kappa shape index (κ1) is 12.8. The molecule has 4 heteroatoms. The zero-order chi connectivity index (χ0) is 12.3. The van der Waals surface area contributed by atoms with E-state index in [-0.39, 0.29) is 18.0 Å². The van der Waals surface area contributed by atoms with Crippen LogP contribution in [0.3, 0.4) is 0 Å². The average molecular weight is 242 g/mol. The van der Waals surface area contributed by atoms with Gasteiger partial charge in [0.05, 0.1) is 12.5 Å². The van der Waals surface area contributed by atoms with Crippen molar-refractivity contribution in [3.8, 4) is 0 Å². The van der Waals surface area contributed by atoms with Crippen molar-refractivity contribution in [2.24, 2.45) is 5.92 Å². The Morgan fingerprint density at radius 1 is 1.29 bits per heavy atom. The molecular weight excluding hydrogens is 220 g/mol. The molecule has 1 heterocycles. The largest absolute Gasteiger partial charge is 0.463 e. The third-order valence-corrected chi connectivity index (χ3v) is 3.42. The van der Waals surface area contributed by atoms with Crippen molar-refractivity contribution in [2.75, 3.05) is 13.2 Å². The lowest BCUT2D eigenvalue weighted by Gasteiger charge is -2.21.